The van der Waals surface area contributed by atoms with Crippen LogP contribution in [0.2, 0.25) is 0 Å². The van der Waals surface area contributed by atoms with E-state index >= 15 is 0 Å². The van der Waals surface area contributed by atoms with E-state index in [0.29, 0.717) is 0 Å². The van der Waals surface area contributed by atoms with Crippen molar-refractivity contribution >= 4 is 37.7 Å². The van der Waals surface area contributed by atoms with Gasteiger partial charge in [-0.1, -0.05) is 0 Å². The van der Waals surface area contributed by atoms with Crippen molar-refractivity contribution in [2.24, 2.45) is 0 Å². The Kier molecular flexibility index (Phi) is 595. The SMILES string of the molecule is F.O.[LiH].[LiH]. The molecule has 0 radical (unpaired) electrons. The van der Waals surface area contributed by atoms with Gasteiger partial charge in [-0.15, -0.1) is 0 Å². The van der Waals surface area contributed by atoms with Gasteiger partial charge in [0.15, 0.2) is 0 Å². The van der Waals surface area contributed by atoms with Crippen molar-refractivity contribution in [1.29, 1.82) is 0 Å². The summed E-state index contributed by atoms with van der Waals surface area (Å²) in [6.07, 6.45) is 0. The van der Waals surface area contributed by atoms with E-state index in [1.54, 1.807) is 0 Å². The van der Waals surface area contributed by atoms with Gasteiger partial charge in [-0.3, -0.25) is 4.70 Å². The van der Waals surface area contributed by atoms with Gasteiger partial charge in [-0.2, -0.15) is 0 Å². The van der Waals surface area contributed by atoms with E-state index in [-0.39, 0.29) is 47.9 Å². The van der Waals surface area contributed by atoms with Crippen LogP contribution in [-0.2, 0) is 0 Å². The average Bonchev–Trinajstić information content (AvgIpc) is 0. The predicted molar refractivity (Wildman–Crippen MR) is 20.4 cm³/mol. The molecule has 0 aliphatic heterocycles. The Morgan fingerprint density at radius 3 is 0.750 bits per heavy atom. The summed E-state index contributed by atoms with van der Waals surface area (Å²) in [7, 11) is 0. The molecule has 20 valence electrons. The van der Waals surface area contributed by atoms with E-state index in [0.717, 1.165) is 0 Å². The molecule has 4 heteroatoms. The molecule has 0 aromatic rings. The van der Waals surface area contributed by atoms with Crippen molar-refractivity contribution in [2.75, 3.05) is 0 Å². The minimum absolute atomic E-state index is 0. The number of halogens is 1. The van der Waals surface area contributed by atoms with Gasteiger partial charge in [0, 0.05) is 0 Å². The molecule has 0 saturated heterocycles. The molecule has 0 aliphatic carbocycles. The first kappa shape index (κ1) is 72.1. The van der Waals surface area contributed by atoms with Crippen LogP contribution in [0.4, 0.5) is 4.70 Å². The molecule has 0 heterocycles. The van der Waals surface area contributed by atoms with Crippen LogP contribution in [0, 0.1) is 0 Å². The van der Waals surface area contributed by atoms with Crippen LogP contribution >= 0.6 is 0 Å². The van der Waals surface area contributed by atoms with Crippen LogP contribution < -0.4 is 0 Å². The van der Waals surface area contributed by atoms with Crippen molar-refractivity contribution in [2.45, 2.75) is 0 Å². The molecule has 0 amide bonds. The molecule has 0 rings (SSSR count). The Balaban J connectivity index is 0. The van der Waals surface area contributed by atoms with Gasteiger partial charge in [-0.05, 0) is 0 Å². The Bertz CT molecular complexity index is 6.00. The zero-order valence-corrected chi connectivity index (χ0v) is 0.908. The zero-order chi connectivity index (χ0) is 0. The fraction of sp³-hybridized carbons (Fsp3) is 0. The van der Waals surface area contributed by atoms with Crippen LogP contribution in [0.3, 0.4) is 0 Å². The van der Waals surface area contributed by atoms with E-state index in [1.165, 1.54) is 0 Å². The van der Waals surface area contributed by atoms with Crippen LogP contribution in [0.1, 0.15) is 0 Å². The van der Waals surface area contributed by atoms with Crippen molar-refractivity contribution in [3.8, 4) is 0 Å². The van der Waals surface area contributed by atoms with E-state index in [2.05, 4.69) is 0 Å². The summed E-state index contributed by atoms with van der Waals surface area (Å²) in [4.78, 5) is 0. The first-order chi connectivity index (χ1) is 0. The van der Waals surface area contributed by atoms with E-state index in [9.17, 15) is 0 Å². The van der Waals surface area contributed by atoms with Gasteiger partial charge in [0.1, 0.15) is 0 Å². The summed E-state index contributed by atoms with van der Waals surface area (Å²) in [5.74, 6) is 0. The monoisotopic (exact) mass is 54.1 g/mol. The summed E-state index contributed by atoms with van der Waals surface area (Å²) < 4.78 is 0. The molecule has 0 fully saturated rings. The van der Waals surface area contributed by atoms with Crippen LogP contribution in [0.15, 0.2) is 0 Å². The molecular formula is H5FLi2O. The van der Waals surface area contributed by atoms with Crippen LogP contribution in [0.5, 0.6) is 0 Å². The molecule has 0 aliphatic rings. The fourth-order valence-corrected chi connectivity index (χ4v) is 0. The molecule has 0 aromatic carbocycles. The third-order valence-corrected chi connectivity index (χ3v) is 0. The molecule has 0 unspecified atom stereocenters. The van der Waals surface area contributed by atoms with E-state index < -0.39 is 0 Å². The molecule has 0 bridgehead atoms. The van der Waals surface area contributed by atoms with Gasteiger partial charge in [-0.25, -0.2) is 0 Å². The van der Waals surface area contributed by atoms with Gasteiger partial charge >= 0.3 is 37.7 Å². The Hall–Kier alpha value is 1.08. The molecule has 0 atom stereocenters. The zero-order valence-electron chi connectivity index (χ0n) is 0.908. The third kappa shape index (κ3) is 11.4. The molecule has 1 nitrogen and oxygen atoms in total. The quantitative estimate of drug-likeness (QED) is 0.287. The van der Waals surface area contributed by atoms with Crippen LogP contribution in [-0.4, -0.2) is 43.2 Å². The fourth-order valence-electron chi connectivity index (χ4n) is 0. The molecule has 0 aromatic heterocycles. The summed E-state index contributed by atoms with van der Waals surface area (Å²) in [6.45, 7) is 0. The molecule has 2 N–H and O–H groups in total. The van der Waals surface area contributed by atoms with Gasteiger partial charge in [0.25, 0.3) is 0 Å². The minimum atomic E-state index is 0. The third-order valence-electron chi connectivity index (χ3n) is 0. The first-order valence-electron chi connectivity index (χ1n) is 0. The summed E-state index contributed by atoms with van der Waals surface area (Å²) in [5, 5.41) is 0. The van der Waals surface area contributed by atoms with Crippen LogP contribution in [0.25, 0.3) is 0 Å². The van der Waals surface area contributed by atoms with Crippen molar-refractivity contribution < 1.29 is 10.2 Å². The predicted octanol–water partition coefficient (Wildman–Crippen LogP) is -1.97. The second-order valence-electron chi connectivity index (χ2n) is 0. The van der Waals surface area contributed by atoms with Gasteiger partial charge in [0.2, 0.25) is 0 Å². The van der Waals surface area contributed by atoms with E-state index in [4.69, 9.17) is 0 Å². The van der Waals surface area contributed by atoms with Crippen molar-refractivity contribution in [3.05, 3.63) is 0 Å². The number of hydrogen-bond acceptors (Lipinski definition) is 0. The number of rotatable bonds is 0. The van der Waals surface area contributed by atoms with Crippen molar-refractivity contribution in [3.63, 3.8) is 0 Å². The standard InChI is InChI=1S/FH.2Li.H2O.2H/h1H;;;1H2;;. The summed E-state index contributed by atoms with van der Waals surface area (Å²) >= 11 is 0. The first-order valence-corrected chi connectivity index (χ1v) is 0. The molecule has 4 heavy (non-hydrogen) atoms. The Morgan fingerprint density at radius 1 is 0.750 bits per heavy atom. The second kappa shape index (κ2) is 33.0. The molecule has 0 saturated carbocycles. The summed E-state index contributed by atoms with van der Waals surface area (Å²) in [5.41, 5.74) is 0. The van der Waals surface area contributed by atoms with Crippen molar-refractivity contribution in [1.82, 2.24) is 0 Å². The van der Waals surface area contributed by atoms with Gasteiger partial charge < -0.3 is 5.48 Å². The second-order valence-corrected chi connectivity index (χ2v) is 0. The Labute approximate surface area is 48.2 Å². The maximum absolute atomic E-state index is 0. The summed E-state index contributed by atoms with van der Waals surface area (Å²) in [6, 6.07) is 0. The average molecular weight is 53.9 g/mol. The van der Waals surface area contributed by atoms with E-state index in [1.807, 2.05) is 0 Å². The molecule has 0 spiro atoms. The Morgan fingerprint density at radius 2 is 0.750 bits per heavy atom. The number of hydrogen-bond donors (Lipinski definition) is 0. The van der Waals surface area contributed by atoms with Gasteiger partial charge in [0.05, 0.1) is 0 Å². The maximum atomic E-state index is 0. The normalized spacial score (nSPS) is 0. The topological polar surface area (TPSA) is 31.5 Å². The molecular weight excluding hydrogens is 48.9 g/mol.